The highest BCUT2D eigenvalue weighted by molar-refractivity contribution is 6.30. The molecule has 5 nitrogen and oxygen atoms in total. The first-order chi connectivity index (χ1) is 13.0. The van der Waals surface area contributed by atoms with Gasteiger partial charge in [0, 0.05) is 18.6 Å². The molecule has 0 aliphatic rings. The normalized spacial score (nSPS) is 11.6. The van der Waals surface area contributed by atoms with Crippen molar-refractivity contribution < 1.29 is 18.7 Å². The maximum absolute atomic E-state index is 13.7. The van der Waals surface area contributed by atoms with Crippen LogP contribution in [0.4, 0.5) is 4.39 Å². The van der Waals surface area contributed by atoms with Gasteiger partial charge in [-0.1, -0.05) is 42.8 Å². The van der Waals surface area contributed by atoms with Gasteiger partial charge in [-0.3, -0.25) is 9.59 Å². The molecule has 0 aliphatic heterocycles. The van der Waals surface area contributed by atoms with Crippen LogP contribution < -0.4 is 10.1 Å². The lowest BCUT2D eigenvalue weighted by Crippen LogP contribution is -2.49. The van der Waals surface area contributed by atoms with Crippen LogP contribution >= 0.6 is 11.6 Å². The molecular weight excluding hydrogens is 371 g/mol. The zero-order chi connectivity index (χ0) is 19.8. The highest BCUT2D eigenvalue weighted by atomic mass is 35.5. The molecule has 144 valence electrons. The number of hydrogen-bond donors (Lipinski definition) is 1. The molecule has 0 spiro atoms. The first-order valence-corrected chi connectivity index (χ1v) is 8.96. The molecule has 2 amide bonds. The van der Waals surface area contributed by atoms with E-state index in [-0.39, 0.29) is 24.8 Å². The van der Waals surface area contributed by atoms with E-state index in [9.17, 15) is 14.0 Å². The molecule has 0 bridgehead atoms. The van der Waals surface area contributed by atoms with E-state index in [0.29, 0.717) is 11.4 Å². The van der Waals surface area contributed by atoms with Crippen molar-refractivity contribution in [1.82, 2.24) is 10.2 Å². The number of rotatable bonds is 8. The summed E-state index contributed by atoms with van der Waals surface area (Å²) in [6.45, 7) is 1.66. The Labute approximate surface area is 163 Å². The van der Waals surface area contributed by atoms with Gasteiger partial charge in [-0.2, -0.15) is 0 Å². The van der Waals surface area contributed by atoms with Crippen molar-refractivity contribution >= 4 is 23.4 Å². The third-order valence-electron chi connectivity index (χ3n) is 4.09. The Bertz CT molecular complexity index is 783. The van der Waals surface area contributed by atoms with Gasteiger partial charge in [0.1, 0.15) is 6.04 Å². The summed E-state index contributed by atoms with van der Waals surface area (Å²) in [6, 6.07) is 12.2. The average molecular weight is 393 g/mol. The summed E-state index contributed by atoms with van der Waals surface area (Å²) in [5.74, 6) is -1.24. The van der Waals surface area contributed by atoms with E-state index in [4.69, 9.17) is 16.3 Å². The summed E-state index contributed by atoms with van der Waals surface area (Å²) in [4.78, 5) is 26.5. The molecule has 0 radical (unpaired) electrons. The molecule has 7 heteroatoms. The van der Waals surface area contributed by atoms with Gasteiger partial charge in [0.15, 0.2) is 18.2 Å². The van der Waals surface area contributed by atoms with Gasteiger partial charge < -0.3 is 15.0 Å². The van der Waals surface area contributed by atoms with Gasteiger partial charge >= 0.3 is 0 Å². The fourth-order valence-corrected chi connectivity index (χ4v) is 2.78. The number of hydrogen-bond acceptors (Lipinski definition) is 3. The van der Waals surface area contributed by atoms with E-state index < -0.39 is 17.8 Å². The number of para-hydroxylation sites is 1. The van der Waals surface area contributed by atoms with Crippen molar-refractivity contribution in [3.8, 4) is 5.75 Å². The number of carbonyl (C=O) groups excluding carboxylic acids is 2. The van der Waals surface area contributed by atoms with Crippen molar-refractivity contribution in [3.05, 3.63) is 64.9 Å². The minimum absolute atomic E-state index is 0.00900. The largest absolute Gasteiger partial charge is 0.481 e. The van der Waals surface area contributed by atoms with Crippen molar-refractivity contribution in [1.29, 1.82) is 0 Å². The summed E-state index contributed by atoms with van der Waals surface area (Å²) in [5, 5.41) is 3.16. The SMILES string of the molecule is CC[C@@H](C(=O)NC)N(Cc1ccc(Cl)cc1)C(=O)COc1ccccc1F. The van der Waals surface area contributed by atoms with Gasteiger partial charge in [0.2, 0.25) is 5.91 Å². The highest BCUT2D eigenvalue weighted by Gasteiger charge is 2.28. The highest BCUT2D eigenvalue weighted by Crippen LogP contribution is 2.18. The summed E-state index contributed by atoms with van der Waals surface area (Å²) in [5.41, 5.74) is 0.820. The Balaban J connectivity index is 2.19. The minimum atomic E-state index is -0.664. The van der Waals surface area contributed by atoms with E-state index in [1.165, 1.54) is 30.1 Å². The van der Waals surface area contributed by atoms with Crippen molar-refractivity contribution in [2.45, 2.75) is 25.9 Å². The molecule has 0 saturated heterocycles. The van der Waals surface area contributed by atoms with Crippen LogP contribution in [0.15, 0.2) is 48.5 Å². The standard InChI is InChI=1S/C20H22ClFN2O3/c1-3-17(20(26)23-2)24(12-14-8-10-15(21)11-9-14)19(25)13-27-18-7-5-4-6-16(18)22/h4-11,17H,3,12-13H2,1-2H3,(H,23,26)/t17-/m0/s1. The molecule has 2 aromatic carbocycles. The molecule has 0 aliphatic carbocycles. The molecule has 2 rings (SSSR count). The lowest BCUT2D eigenvalue weighted by atomic mass is 10.1. The average Bonchev–Trinajstić information content (AvgIpc) is 2.68. The van der Waals surface area contributed by atoms with E-state index in [1.807, 2.05) is 6.92 Å². The van der Waals surface area contributed by atoms with Crippen LogP contribution in [0.1, 0.15) is 18.9 Å². The first-order valence-electron chi connectivity index (χ1n) is 8.59. The molecule has 0 heterocycles. The Morgan fingerprint density at radius 2 is 1.85 bits per heavy atom. The number of halogens is 2. The predicted octanol–water partition coefficient (Wildman–Crippen LogP) is 3.41. The topological polar surface area (TPSA) is 58.6 Å². The van der Waals surface area contributed by atoms with Crippen molar-refractivity contribution in [2.24, 2.45) is 0 Å². The second-order valence-corrected chi connectivity index (χ2v) is 6.34. The van der Waals surface area contributed by atoms with Crippen LogP contribution in [0.5, 0.6) is 5.75 Å². The molecule has 1 atom stereocenters. The zero-order valence-electron chi connectivity index (χ0n) is 15.2. The van der Waals surface area contributed by atoms with E-state index in [0.717, 1.165) is 5.56 Å². The summed E-state index contributed by atoms with van der Waals surface area (Å²) >= 11 is 5.91. The molecule has 27 heavy (non-hydrogen) atoms. The number of nitrogens with one attached hydrogen (secondary N) is 1. The van der Waals surface area contributed by atoms with Crippen molar-refractivity contribution in [2.75, 3.05) is 13.7 Å². The lowest BCUT2D eigenvalue weighted by molar-refractivity contribution is -0.142. The van der Waals surface area contributed by atoms with Crippen LogP contribution in [0.2, 0.25) is 5.02 Å². The van der Waals surface area contributed by atoms with Crippen LogP contribution in [0, 0.1) is 5.82 Å². The maximum atomic E-state index is 13.7. The molecular formula is C20H22ClFN2O3. The molecule has 0 saturated carbocycles. The molecule has 0 fully saturated rings. The van der Waals surface area contributed by atoms with Gasteiger partial charge in [-0.05, 0) is 36.2 Å². The number of likely N-dealkylation sites (N-methyl/N-ethyl adjacent to an activating group) is 1. The van der Waals surface area contributed by atoms with Crippen LogP contribution in [-0.2, 0) is 16.1 Å². The number of nitrogens with zero attached hydrogens (tertiary/aromatic N) is 1. The summed E-state index contributed by atoms with van der Waals surface area (Å²) < 4.78 is 19.0. The fraction of sp³-hybridized carbons (Fsp3) is 0.300. The molecule has 2 aromatic rings. The van der Waals surface area contributed by atoms with E-state index in [1.54, 1.807) is 30.3 Å². The Hall–Kier alpha value is -2.60. The van der Waals surface area contributed by atoms with Crippen LogP contribution in [0.25, 0.3) is 0 Å². The van der Waals surface area contributed by atoms with Gasteiger partial charge in [0.05, 0.1) is 0 Å². The summed E-state index contributed by atoms with van der Waals surface area (Å²) in [6.07, 6.45) is 0.429. The van der Waals surface area contributed by atoms with Crippen LogP contribution in [0.3, 0.4) is 0 Å². The monoisotopic (exact) mass is 392 g/mol. The Morgan fingerprint density at radius 1 is 1.19 bits per heavy atom. The number of amides is 2. The molecule has 0 aromatic heterocycles. The quantitative estimate of drug-likeness (QED) is 0.749. The third kappa shape index (κ3) is 5.69. The number of ether oxygens (including phenoxy) is 1. The Morgan fingerprint density at radius 3 is 2.44 bits per heavy atom. The predicted molar refractivity (Wildman–Crippen MR) is 102 cm³/mol. The van der Waals surface area contributed by atoms with E-state index >= 15 is 0 Å². The third-order valence-corrected chi connectivity index (χ3v) is 4.34. The number of benzene rings is 2. The van der Waals surface area contributed by atoms with Gasteiger partial charge in [-0.25, -0.2) is 4.39 Å². The zero-order valence-corrected chi connectivity index (χ0v) is 16.0. The second-order valence-electron chi connectivity index (χ2n) is 5.91. The van der Waals surface area contributed by atoms with Gasteiger partial charge in [0.25, 0.3) is 5.91 Å². The maximum Gasteiger partial charge on any atom is 0.261 e. The van der Waals surface area contributed by atoms with Crippen molar-refractivity contribution in [3.63, 3.8) is 0 Å². The first kappa shape index (κ1) is 20.7. The van der Waals surface area contributed by atoms with Crippen LogP contribution in [-0.4, -0.2) is 36.4 Å². The molecule has 0 unspecified atom stereocenters. The van der Waals surface area contributed by atoms with E-state index in [2.05, 4.69) is 5.32 Å². The Kier molecular flexibility index (Phi) is 7.61. The second kappa shape index (κ2) is 9.92. The molecule has 1 N–H and O–H groups in total. The van der Waals surface area contributed by atoms with Gasteiger partial charge in [-0.15, -0.1) is 0 Å². The number of carbonyl (C=O) groups is 2. The minimum Gasteiger partial charge on any atom is -0.481 e. The lowest BCUT2D eigenvalue weighted by Gasteiger charge is -2.30. The summed E-state index contributed by atoms with van der Waals surface area (Å²) in [7, 11) is 1.52. The fourth-order valence-electron chi connectivity index (χ4n) is 2.66. The smallest absolute Gasteiger partial charge is 0.261 e.